The number of aromatic amines is 1. The van der Waals surface area contributed by atoms with Crippen molar-refractivity contribution in [3.05, 3.63) is 46.8 Å². The summed E-state index contributed by atoms with van der Waals surface area (Å²) >= 11 is 0. The van der Waals surface area contributed by atoms with Gasteiger partial charge in [0.25, 0.3) is 0 Å². The Hall–Kier alpha value is -2.17. The molecule has 2 N–H and O–H groups in total. The van der Waals surface area contributed by atoms with Crippen molar-refractivity contribution in [2.75, 3.05) is 5.32 Å². The van der Waals surface area contributed by atoms with Crippen LogP contribution >= 0.6 is 0 Å². The summed E-state index contributed by atoms with van der Waals surface area (Å²) in [6.07, 6.45) is 3.17. The second-order valence-electron chi connectivity index (χ2n) is 3.05. The maximum Gasteiger partial charge on any atom is 0.346 e. The summed E-state index contributed by atoms with van der Waals surface area (Å²) < 4.78 is 0. The van der Waals surface area contributed by atoms with E-state index >= 15 is 0 Å². The fourth-order valence-electron chi connectivity index (χ4n) is 1.20. The van der Waals surface area contributed by atoms with Crippen LogP contribution in [0.25, 0.3) is 0 Å². The van der Waals surface area contributed by atoms with Crippen molar-refractivity contribution in [2.45, 2.75) is 6.92 Å². The average molecular weight is 202 g/mol. The van der Waals surface area contributed by atoms with Gasteiger partial charge in [0.1, 0.15) is 5.82 Å². The summed E-state index contributed by atoms with van der Waals surface area (Å²) in [6.45, 7) is 1.89. The van der Waals surface area contributed by atoms with Crippen molar-refractivity contribution in [1.82, 2.24) is 15.0 Å². The Morgan fingerprint density at radius 3 is 2.87 bits per heavy atom. The molecule has 2 aromatic heterocycles. The minimum Gasteiger partial charge on any atom is -0.340 e. The van der Waals surface area contributed by atoms with Gasteiger partial charge in [-0.1, -0.05) is 0 Å². The lowest BCUT2D eigenvalue weighted by Gasteiger charge is -2.06. The number of H-pyrrole nitrogens is 1. The van der Waals surface area contributed by atoms with Crippen molar-refractivity contribution in [3.63, 3.8) is 0 Å². The van der Waals surface area contributed by atoms with Crippen LogP contribution in [0, 0.1) is 6.92 Å². The number of nitrogens with zero attached hydrogens (tertiary/aromatic N) is 2. The van der Waals surface area contributed by atoms with E-state index in [-0.39, 0.29) is 5.69 Å². The Labute approximate surface area is 86.2 Å². The van der Waals surface area contributed by atoms with E-state index in [1.807, 2.05) is 19.1 Å². The molecule has 0 aliphatic heterocycles. The van der Waals surface area contributed by atoms with E-state index in [2.05, 4.69) is 20.3 Å². The molecule has 0 spiro atoms. The number of nitrogens with one attached hydrogen (secondary N) is 2. The van der Waals surface area contributed by atoms with Crippen LogP contribution in [-0.2, 0) is 0 Å². The largest absolute Gasteiger partial charge is 0.346 e. The van der Waals surface area contributed by atoms with Gasteiger partial charge in [0.05, 0.1) is 11.4 Å². The predicted octanol–water partition coefficient (Wildman–Crippen LogP) is 1.22. The number of anilines is 2. The Morgan fingerprint density at radius 1 is 1.27 bits per heavy atom. The molecular formula is C10H10N4O. The third kappa shape index (κ3) is 2.19. The highest BCUT2D eigenvalue weighted by atomic mass is 16.1. The summed E-state index contributed by atoms with van der Waals surface area (Å²) in [7, 11) is 0. The molecule has 76 valence electrons. The number of hydrogen-bond donors (Lipinski definition) is 2. The molecule has 2 heterocycles. The van der Waals surface area contributed by atoms with Gasteiger partial charge in [-0.25, -0.2) is 9.78 Å². The zero-order valence-corrected chi connectivity index (χ0v) is 8.19. The number of aromatic nitrogens is 3. The Kier molecular flexibility index (Phi) is 2.45. The highest BCUT2D eigenvalue weighted by Crippen LogP contribution is 2.14. The smallest absolute Gasteiger partial charge is 0.340 e. The molecule has 0 radical (unpaired) electrons. The average Bonchev–Trinajstić information content (AvgIpc) is 2.22. The van der Waals surface area contributed by atoms with E-state index in [0.717, 1.165) is 11.4 Å². The lowest BCUT2D eigenvalue weighted by Crippen LogP contribution is -2.11. The van der Waals surface area contributed by atoms with Crippen LogP contribution < -0.4 is 11.0 Å². The van der Waals surface area contributed by atoms with Gasteiger partial charge >= 0.3 is 5.69 Å². The van der Waals surface area contributed by atoms with Crippen LogP contribution in [-0.4, -0.2) is 15.0 Å². The van der Waals surface area contributed by atoms with E-state index in [1.54, 1.807) is 12.3 Å². The van der Waals surface area contributed by atoms with Gasteiger partial charge < -0.3 is 5.32 Å². The lowest BCUT2D eigenvalue weighted by molar-refractivity contribution is 1.07. The molecule has 0 bridgehead atoms. The van der Waals surface area contributed by atoms with Crippen LogP contribution in [0.5, 0.6) is 0 Å². The van der Waals surface area contributed by atoms with E-state index in [1.165, 1.54) is 6.20 Å². The summed E-state index contributed by atoms with van der Waals surface area (Å²) in [5.74, 6) is 0.603. The fraction of sp³-hybridized carbons (Fsp3) is 0.100. The third-order valence-electron chi connectivity index (χ3n) is 1.95. The molecule has 5 heteroatoms. The SMILES string of the molecule is Cc1ncccc1Nc1ccnc(=O)[nH]1. The quantitative estimate of drug-likeness (QED) is 0.768. The standard InChI is InChI=1S/C10H10N4O/c1-7-8(3-2-5-11-7)13-9-4-6-12-10(15)14-9/h2-6H,1H3,(H2,12,13,14,15). The second-order valence-corrected chi connectivity index (χ2v) is 3.05. The first-order valence-electron chi connectivity index (χ1n) is 4.50. The van der Waals surface area contributed by atoms with Gasteiger partial charge in [-0.15, -0.1) is 0 Å². The zero-order valence-electron chi connectivity index (χ0n) is 8.19. The summed E-state index contributed by atoms with van der Waals surface area (Å²) in [4.78, 5) is 21.2. The highest BCUT2D eigenvalue weighted by molar-refractivity contribution is 5.57. The Bertz CT molecular complexity index is 521. The van der Waals surface area contributed by atoms with Crippen LogP contribution in [0.15, 0.2) is 35.4 Å². The van der Waals surface area contributed by atoms with Gasteiger partial charge in [0.2, 0.25) is 0 Å². The zero-order chi connectivity index (χ0) is 10.7. The monoisotopic (exact) mass is 202 g/mol. The van der Waals surface area contributed by atoms with E-state index in [9.17, 15) is 4.79 Å². The molecule has 0 fully saturated rings. The first-order valence-corrected chi connectivity index (χ1v) is 4.50. The third-order valence-corrected chi connectivity index (χ3v) is 1.95. The molecule has 0 saturated heterocycles. The molecule has 5 nitrogen and oxygen atoms in total. The molecule has 0 aliphatic carbocycles. The highest BCUT2D eigenvalue weighted by Gasteiger charge is 1.98. The van der Waals surface area contributed by atoms with Gasteiger partial charge in [-0.2, -0.15) is 0 Å². The van der Waals surface area contributed by atoms with Crippen LogP contribution in [0.4, 0.5) is 11.5 Å². The fourth-order valence-corrected chi connectivity index (χ4v) is 1.20. The molecule has 0 saturated carbocycles. The first kappa shape index (κ1) is 9.39. The Balaban J connectivity index is 2.30. The molecule has 0 atom stereocenters. The molecule has 2 rings (SSSR count). The van der Waals surface area contributed by atoms with Gasteiger partial charge in [-0.3, -0.25) is 9.97 Å². The molecule has 15 heavy (non-hydrogen) atoms. The maximum absolute atomic E-state index is 10.9. The normalized spacial score (nSPS) is 9.93. The first-order chi connectivity index (χ1) is 7.25. The van der Waals surface area contributed by atoms with Gasteiger partial charge in [0.15, 0.2) is 0 Å². The topological polar surface area (TPSA) is 70.7 Å². The van der Waals surface area contributed by atoms with Crippen molar-refractivity contribution in [2.24, 2.45) is 0 Å². The van der Waals surface area contributed by atoms with Crippen LogP contribution in [0.2, 0.25) is 0 Å². The van der Waals surface area contributed by atoms with Gasteiger partial charge in [0, 0.05) is 12.4 Å². The Morgan fingerprint density at radius 2 is 2.13 bits per heavy atom. The van der Waals surface area contributed by atoms with Crippen LogP contribution in [0.3, 0.4) is 0 Å². The van der Waals surface area contributed by atoms with E-state index < -0.39 is 0 Å². The molecular weight excluding hydrogens is 192 g/mol. The summed E-state index contributed by atoms with van der Waals surface area (Å²) in [6, 6.07) is 5.41. The predicted molar refractivity (Wildman–Crippen MR) is 57.1 cm³/mol. The number of aryl methyl sites for hydroxylation is 1. The molecule has 2 aromatic rings. The molecule has 0 amide bonds. The molecule has 0 aromatic carbocycles. The van der Waals surface area contributed by atoms with E-state index in [0.29, 0.717) is 5.82 Å². The van der Waals surface area contributed by atoms with Crippen molar-refractivity contribution in [1.29, 1.82) is 0 Å². The summed E-state index contributed by atoms with van der Waals surface area (Å²) in [5, 5.41) is 3.05. The lowest BCUT2D eigenvalue weighted by atomic mass is 10.3. The maximum atomic E-state index is 10.9. The molecule has 0 aliphatic rings. The minimum atomic E-state index is -0.374. The van der Waals surface area contributed by atoms with Crippen molar-refractivity contribution < 1.29 is 0 Å². The second kappa shape index (κ2) is 3.91. The van der Waals surface area contributed by atoms with Crippen molar-refractivity contribution >= 4 is 11.5 Å². The number of rotatable bonds is 2. The summed E-state index contributed by atoms with van der Waals surface area (Å²) in [5.41, 5.74) is 1.36. The van der Waals surface area contributed by atoms with Crippen LogP contribution in [0.1, 0.15) is 5.69 Å². The van der Waals surface area contributed by atoms with Gasteiger partial charge in [-0.05, 0) is 25.1 Å². The molecule has 0 unspecified atom stereocenters. The number of hydrogen-bond acceptors (Lipinski definition) is 4. The number of pyridine rings is 1. The van der Waals surface area contributed by atoms with Crippen molar-refractivity contribution in [3.8, 4) is 0 Å². The van der Waals surface area contributed by atoms with E-state index in [4.69, 9.17) is 0 Å². The minimum absolute atomic E-state index is 0.374.